The lowest BCUT2D eigenvalue weighted by Gasteiger charge is -2.24. The van der Waals surface area contributed by atoms with E-state index in [1.54, 1.807) is 11.9 Å². The number of sulfone groups is 1. The second-order valence-corrected chi connectivity index (χ2v) is 7.50. The highest BCUT2D eigenvalue weighted by atomic mass is 32.2. The molecule has 1 aromatic rings. The third-order valence-corrected chi connectivity index (χ3v) is 5.38. The van der Waals surface area contributed by atoms with Crippen LogP contribution in [-0.4, -0.2) is 37.9 Å². The number of nitrogens with zero attached hydrogens (tertiary/aromatic N) is 1. The van der Waals surface area contributed by atoms with Crippen LogP contribution >= 0.6 is 0 Å². The average molecular weight is 325 g/mol. The molecule has 1 aliphatic heterocycles. The predicted molar refractivity (Wildman–Crippen MR) is 69.9 cm³/mol. The first-order valence-corrected chi connectivity index (χ1v) is 8.17. The van der Waals surface area contributed by atoms with Crippen LogP contribution in [0.4, 0.5) is 17.6 Å². The highest BCUT2D eigenvalue weighted by Gasteiger charge is 2.35. The minimum atomic E-state index is -4.64. The standard InChI is InChI=1S/C13H15F4NO2S/c1-18(11-4-5-21(19,20)8-11)7-9-2-3-10(14)6-12(9)13(15,16)17/h2-3,6,11H,4-5,7-8H2,1H3. The molecule has 0 radical (unpaired) electrons. The first-order valence-electron chi connectivity index (χ1n) is 6.35. The van der Waals surface area contributed by atoms with E-state index in [2.05, 4.69) is 0 Å². The molecule has 0 bridgehead atoms. The largest absolute Gasteiger partial charge is 0.416 e. The van der Waals surface area contributed by atoms with Gasteiger partial charge in [0, 0.05) is 12.6 Å². The summed E-state index contributed by atoms with van der Waals surface area (Å²) in [5.74, 6) is -0.943. The molecule has 3 nitrogen and oxygen atoms in total. The molecule has 8 heteroatoms. The number of rotatable bonds is 3. The van der Waals surface area contributed by atoms with Gasteiger partial charge in [0.2, 0.25) is 0 Å². The van der Waals surface area contributed by atoms with Crippen LogP contribution < -0.4 is 0 Å². The summed E-state index contributed by atoms with van der Waals surface area (Å²) in [6.07, 6.45) is -4.23. The van der Waals surface area contributed by atoms with Crippen molar-refractivity contribution in [3.8, 4) is 0 Å². The molecule has 0 amide bonds. The van der Waals surface area contributed by atoms with Crippen molar-refractivity contribution in [3.63, 3.8) is 0 Å². The quantitative estimate of drug-likeness (QED) is 0.801. The maximum Gasteiger partial charge on any atom is 0.416 e. The lowest BCUT2D eigenvalue weighted by Crippen LogP contribution is -2.32. The third kappa shape index (κ3) is 3.94. The maximum absolute atomic E-state index is 13.0. The van der Waals surface area contributed by atoms with Crippen LogP contribution in [-0.2, 0) is 22.6 Å². The molecule has 0 aromatic heterocycles. The topological polar surface area (TPSA) is 37.4 Å². The van der Waals surface area contributed by atoms with E-state index in [0.29, 0.717) is 12.5 Å². The van der Waals surface area contributed by atoms with E-state index in [4.69, 9.17) is 0 Å². The van der Waals surface area contributed by atoms with Crippen molar-refractivity contribution in [2.24, 2.45) is 0 Å². The fourth-order valence-electron chi connectivity index (χ4n) is 2.47. The van der Waals surface area contributed by atoms with Gasteiger partial charge >= 0.3 is 6.18 Å². The van der Waals surface area contributed by atoms with Crippen molar-refractivity contribution in [2.45, 2.75) is 25.2 Å². The van der Waals surface area contributed by atoms with Crippen LogP contribution in [0.15, 0.2) is 18.2 Å². The fraction of sp³-hybridized carbons (Fsp3) is 0.538. The second-order valence-electron chi connectivity index (χ2n) is 5.27. The van der Waals surface area contributed by atoms with Crippen molar-refractivity contribution in [3.05, 3.63) is 35.1 Å². The molecule has 118 valence electrons. The van der Waals surface area contributed by atoms with E-state index in [0.717, 1.165) is 12.1 Å². The molecule has 0 spiro atoms. The van der Waals surface area contributed by atoms with Gasteiger partial charge in [0.25, 0.3) is 0 Å². The van der Waals surface area contributed by atoms with Crippen molar-refractivity contribution in [2.75, 3.05) is 18.6 Å². The van der Waals surface area contributed by atoms with E-state index in [-0.39, 0.29) is 29.7 Å². The summed E-state index contributed by atoms with van der Waals surface area (Å²) in [5.41, 5.74) is -1.08. The smallest absolute Gasteiger partial charge is 0.298 e. The molecule has 1 aliphatic rings. The van der Waals surface area contributed by atoms with Gasteiger partial charge in [-0.3, -0.25) is 4.90 Å². The molecule has 1 saturated heterocycles. The van der Waals surface area contributed by atoms with Crippen LogP contribution in [0.3, 0.4) is 0 Å². The zero-order valence-electron chi connectivity index (χ0n) is 11.3. The molecule has 0 N–H and O–H groups in total. The second kappa shape index (κ2) is 5.57. The highest BCUT2D eigenvalue weighted by molar-refractivity contribution is 7.91. The van der Waals surface area contributed by atoms with Gasteiger partial charge in [0.05, 0.1) is 17.1 Å². The summed E-state index contributed by atoms with van der Waals surface area (Å²) in [7, 11) is -1.52. The molecule has 1 fully saturated rings. The summed E-state index contributed by atoms with van der Waals surface area (Å²) in [6, 6.07) is 2.23. The molecule has 1 atom stereocenters. The molecule has 0 saturated carbocycles. The highest BCUT2D eigenvalue weighted by Crippen LogP contribution is 2.33. The molecule has 1 aromatic carbocycles. The van der Waals surface area contributed by atoms with E-state index in [9.17, 15) is 26.0 Å². The Bertz CT molecular complexity index is 628. The fourth-order valence-corrected chi connectivity index (χ4v) is 4.28. The first-order chi connectivity index (χ1) is 9.58. The molecule has 2 rings (SSSR count). The van der Waals surface area contributed by atoms with Gasteiger partial charge < -0.3 is 0 Å². The summed E-state index contributed by atoms with van der Waals surface area (Å²) in [5, 5.41) is 0. The van der Waals surface area contributed by atoms with Gasteiger partial charge in [-0.05, 0) is 31.2 Å². The Morgan fingerprint density at radius 3 is 2.52 bits per heavy atom. The van der Waals surface area contributed by atoms with Crippen LogP contribution in [0.1, 0.15) is 17.5 Å². The van der Waals surface area contributed by atoms with Gasteiger partial charge in [-0.2, -0.15) is 13.2 Å². The van der Waals surface area contributed by atoms with Crippen LogP contribution in [0.2, 0.25) is 0 Å². The SMILES string of the molecule is CN(Cc1ccc(F)cc1C(F)(F)F)C1CCS(=O)(=O)C1. The van der Waals surface area contributed by atoms with Gasteiger partial charge in [0.15, 0.2) is 9.84 Å². The van der Waals surface area contributed by atoms with Gasteiger partial charge in [-0.15, -0.1) is 0 Å². The summed E-state index contributed by atoms with van der Waals surface area (Å²) in [6.45, 7) is -0.0741. The van der Waals surface area contributed by atoms with Crippen LogP contribution in [0, 0.1) is 5.82 Å². The Morgan fingerprint density at radius 2 is 2.00 bits per heavy atom. The van der Waals surface area contributed by atoms with Crippen molar-refractivity contribution < 1.29 is 26.0 Å². The number of alkyl halides is 3. The average Bonchev–Trinajstić information content (AvgIpc) is 2.71. The van der Waals surface area contributed by atoms with E-state index in [1.165, 1.54) is 0 Å². The first kappa shape index (κ1) is 16.2. The molecule has 0 aliphatic carbocycles. The van der Waals surface area contributed by atoms with E-state index >= 15 is 0 Å². The molecular formula is C13H15F4NO2S. The maximum atomic E-state index is 13.0. The zero-order valence-corrected chi connectivity index (χ0v) is 12.1. The Morgan fingerprint density at radius 1 is 1.33 bits per heavy atom. The number of hydrogen-bond acceptors (Lipinski definition) is 3. The summed E-state index contributed by atoms with van der Waals surface area (Å²) >= 11 is 0. The van der Waals surface area contributed by atoms with Crippen LogP contribution in [0.5, 0.6) is 0 Å². The Hall–Kier alpha value is -1.15. The van der Waals surface area contributed by atoms with Gasteiger partial charge in [-0.25, -0.2) is 12.8 Å². The monoisotopic (exact) mass is 325 g/mol. The number of hydrogen-bond donors (Lipinski definition) is 0. The van der Waals surface area contributed by atoms with Crippen molar-refractivity contribution >= 4 is 9.84 Å². The lowest BCUT2D eigenvalue weighted by atomic mass is 10.1. The van der Waals surface area contributed by atoms with Gasteiger partial charge in [0.1, 0.15) is 5.82 Å². The molecule has 21 heavy (non-hydrogen) atoms. The van der Waals surface area contributed by atoms with Gasteiger partial charge in [-0.1, -0.05) is 6.07 Å². The Balaban J connectivity index is 2.20. The minimum absolute atomic E-state index is 0.0496. The molecule has 1 unspecified atom stereocenters. The predicted octanol–water partition coefficient (Wildman–Crippen LogP) is 2.46. The third-order valence-electron chi connectivity index (χ3n) is 3.63. The van der Waals surface area contributed by atoms with Crippen molar-refractivity contribution in [1.82, 2.24) is 4.90 Å². The summed E-state index contributed by atoms with van der Waals surface area (Å²) < 4.78 is 74.5. The Labute approximate surface area is 120 Å². The zero-order chi connectivity index (χ0) is 15.8. The lowest BCUT2D eigenvalue weighted by molar-refractivity contribution is -0.138. The molecule has 1 heterocycles. The normalized spacial score (nSPS) is 21.9. The number of halogens is 4. The van der Waals surface area contributed by atoms with Crippen LogP contribution in [0.25, 0.3) is 0 Å². The molecular weight excluding hydrogens is 310 g/mol. The summed E-state index contributed by atoms with van der Waals surface area (Å²) in [4.78, 5) is 1.58. The minimum Gasteiger partial charge on any atom is -0.298 e. The van der Waals surface area contributed by atoms with E-state index in [1.807, 2.05) is 0 Å². The van der Waals surface area contributed by atoms with E-state index < -0.39 is 27.4 Å². The number of benzene rings is 1. The Kier molecular flexibility index (Phi) is 4.30. The van der Waals surface area contributed by atoms with Crippen molar-refractivity contribution in [1.29, 1.82) is 0 Å².